The van der Waals surface area contributed by atoms with Crippen molar-refractivity contribution < 1.29 is 0 Å². The highest BCUT2D eigenvalue weighted by Gasteiger charge is 2.41. The summed E-state index contributed by atoms with van der Waals surface area (Å²) in [5.41, 5.74) is 1.46. The Morgan fingerprint density at radius 1 is 1.62 bits per heavy atom. The van der Waals surface area contributed by atoms with E-state index in [1.54, 1.807) is 6.20 Å². The van der Waals surface area contributed by atoms with Crippen LogP contribution in [0, 0.1) is 0 Å². The molecule has 0 atom stereocenters. The van der Waals surface area contributed by atoms with Crippen LogP contribution in [0.1, 0.15) is 18.4 Å². The molecule has 1 saturated carbocycles. The molecule has 1 aliphatic rings. The number of nitrogens with one attached hydrogen (secondary N) is 1. The minimum absolute atomic E-state index is 0.312. The third kappa shape index (κ3) is 1.84. The fourth-order valence-electron chi connectivity index (χ4n) is 1.58. The number of halogens is 1. The maximum atomic E-state index is 5.98. The van der Waals surface area contributed by atoms with E-state index in [0.717, 1.165) is 12.0 Å². The lowest BCUT2D eigenvalue weighted by molar-refractivity contribution is 0.548. The summed E-state index contributed by atoms with van der Waals surface area (Å²) in [5.74, 6) is 0. The molecular formula is C10H13ClN2. The van der Waals surface area contributed by atoms with Crippen molar-refractivity contribution >= 4 is 11.6 Å². The van der Waals surface area contributed by atoms with E-state index in [9.17, 15) is 0 Å². The van der Waals surface area contributed by atoms with Gasteiger partial charge < -0.3 is 5.32 Å². The summed E-state index contributed by atoms with van der Waals surface area (Å²) in [5, 5.41) is 3.98. The highest BCUT2D eigenvalue weighted by atomic mass is 35.5. The van der Waals surface area contributed by atoms with Crippen molar-refractivity contribution in [2.45, 2.75) is 24.8 Å². The predicted molar refractivity (Wildman–Crippen MR) is 54.0 cm³/mol. The van der Waals surface area contributed by atoms with Crippen molar-refractivity contribution in [3.8, 4) is 0 Å². The zero-order valence-corrected chi connectivity index (χ0v) is 8.43. The van der Waals surface area contributed by atoms with Gasteiger partial charge >= 0.3 is 0 Å². The van der Waals surface area contributed by atoms with E-state index >= 15 is 0 Å². The van der Waals surface area contributed by atoms with Gasteiger partial charge in [0.05, 0.1) is 0 Å². The van der Waals surface area contributed by atoms with Crippen LogP contribution in [0.5, 0.6) is 0 Å². The lowest BCUT2D eigenvalue weighted by atomic mass is 10.1. The standard InChI is InChI=1S/C10H13ClN2/c1-12-10(4-5-10)7-8-3-2-6-13-9(8)11/h2-3,6,12H,4-5,7H2,1H3. The molecule has 3 heteroatoms. The monoisotopic (exact) mass is 196 g/mol. The summed E-state index contributed by atoms with van der Waals surface area (Å²) in [4.78, 5) is 4.06. The van der Waals surface area contributed by atoms with Gasteiger partial charge in [-0.25, -0.2) is 4.98 Å². The van der Waals surface area contributed by atoms with Crippen molar-refractivity contribution in [3.05, 3.63) is 29.0 Å². The van der Waals surface area contributed by atoms with Crippen LogP contribution in [0.15, 0.2) is 18.3 Å². The zero-order valence-electron chi connectivity index (χ0n) is 7.68. The second kappa shape index (κ2) is 3.28. The fourth-order valence-corrected chi connectivity index (χ4v) is 1.77. The second-order valence-corrected chi connectivity index (χ2v) is 4.02. The molecule has 0 bridgehead atoms. The minimum atomic E-state index is 0.312. The SMILES string of the molecule is CNC1(Cc2cccnc2Cl)CC1. The summed E-state index contributed by atoms with van der Waals surface area (Å²) in [6.45, 7) is 0. The molecule has 1 N–H and O–H groups in total. The van der Waals surface area contributed by atoms with E-state index in [0.29, 0.717) is 10.7 Å². The topological polar surface area (TPSA) is 24.9 Å². The summed E-state index contributed by atoms with van der Waals surface area (Å²) >= 11 is 5.98. The number of rotatable bonds is 3. The summed E-state index contributed by atoms with van der Waals surface area (Å²) in [6.07, 6.45) is 5.21. The number of aromatic nitrogens is 1. The van der Waals surface area contributed by atoms with Crippen LogP contribution in [0.3, 0.4) is 0 Å². The first-order chi connectivity index (χ1) is 6.26. The van der Waals surface area contributed by atoms with Crippen molar-refractivity contribution in [3.63, 3.8) is 0 Å². The van der Waals surface area contributed by atoms with E-state index in [1.807, 2.05) is 19.2 Å². The molecule has 2 rings (SSSR count). The molecule has 0 spiro atoms. The molecular weight excluding hydrogens is 184 g/mol. The molecule has 0 unspecified atom stereocenters. The van der Waals surface area contributed by atoms with Crippen LogP contribution in [-0.2, 0) is 6.42 Å². The van der Waals surface area contributed by atoms with E-state index in [1.165, 1.54) is 12.8 Å². The Bertz CT molecular complexity index is 308. The van der Waals surface area contributed by atoms with Gasteiger partial charge in [-0.15, -0.1) is 0 Å². The predicted octanol–water partition coefficient (Wildman–Crippen LogP) is 2.03. The lowest BCUT2D eigenvalue weighted by Crippen LogP contribution is -2.29. The van der Waals surface area contributed by atoms with Crippen LogP contribution in [0.25, 0.3) is 0 Å². The Morgan fingerprint density at radius 3 is 2.92 bits per heavy atom. The van der Waals surface area contributed by atoms with Crippen LogP contribution < -0.4 is 5.32 Å². The van der Waals surface area contributed by atoms with E-state index in [-0.39, 0.29) is 0 Å². The van der Waals surface area contributed by atoms with Gasteiger partial charge in [-0.1, -0.05) is 17.7 Å². The molecule has 2 nitrogen and oxygen atoms in total. The number of hydrogen-bond donors (Lipinski definition) is 1. The molecule has 0 aliphatic heterocycles. The second-order valence-electron chi connectivity index (χ2n) is 3.66. The minimum Gasteiger partial charge on any atom is -0.314 e. The van der Waals surface area contributed by atoms with Crippen molar-refractivity contribution in [2.24, 2.45) is 0 Å². The quantitative estimate of drug-likeness (QED) is 0.749. The van der Waals surface area contributed by atoms with Crippen molar-refractivity contribution in [1.29, 1.82) is 0 Å². The summed E-state index contributed by atoms with van der Waals surface area (Å²) in [7, 11) is 2.01. The summed E-state index contributed by atoms with van der Waals surface area (Å²) in [6, 6.07) is 3.99. The largest absolute Gasteiger partial charge is 0.314 e. The Balaban J connectivity index is 2.14. The Kier molecular flexibility index (Phi) is 2.26. The molecule has 1 aromatic heterocycles. The smallest absolute Gasteiger partial charge is 0.132 e. The highest BCUT2D eigenvalue weighted by molar-refractivity contribution is 6.30. The Hall–Kier alpha value is -0.600. The van der Waals surface area contributed by atoms with Crippen LogP contribution in [-0.4, -0.2) is 17.6 Å². The molecule has 1 heterocycles. The van der Waals surface area contributed by atoms with Gasteiger partial charge in [-0.3, -0.25) is 0 Å². The van der Waals surface area contributed by atoms with Gasteiger partial charge in [0.2, 0.25) is 0 Å². The Labute approximate surface area is 83.3 Å². The number of hydrogen-bond acceptors (Lipinski definition) is 2. The van der Waals surface area contributed by atoms with Crippen LogP contribution >= 0.6 is 11.6 Å². The van der Waals surface area contributed by atoms with Gasteiger partial charge in [-0.05, 0) is 37.9 Å². The van der Waals surface area contributed by atoms with Gasteiger partial charge in [0, 0.05) is 11.7 Å². The van der Waals surface area contributed by atoms with E-state index in [4.69, 9.17) is 11.6 Å². The van der Waals surface area contributed by atoms with Gasteiger partial charge in [0.25, 0.3) is 0 Å². The molecule has 1 fully saturated rings. The first kappa shape index (κ1) is 8.97. The normalized spacial score (nSPS) is 18.6. The van der Waals surface area contributed by atoms with E-state index in [2.05, 4.69) is 10.3 Å². The average Bonchev–Trinajstić information content (AvgIpc) is 2.90. The Morgan fingerprint density at radius 2 is 2.38 bits per heavy atom. The van der Waals surface area contributed by atoms with E-state index < -0.39 is 0 Å². The third-order valence-electron chi connectivity index (χ3n) is 2.75. The lowest BCUT2D eigenvalue weighted by Gasteiger charge is -2.14. The zero-order chi connectivity index (χ0) is 9.31. The number of likely N-dealkylation sites (N-methyl/N-ethyl adjacent to an activating group) is 1. The van der Waals surface area contributed by atoms with Crippen molar-refractivity contribution in [1.82, 2.24) is 10.3 Å². The van der Waals surface area contributed by atoms with Gasteiger partial charge in [0.15, 0.2) is 0 Å². The maximum absolute atomic E-state index is 5.98. The average molecular weight is 197 g/mol. The molecule has 1 aliphatic carbocycles. The van der Waals surface area contributed by atoms with Crippen molar-refractivity contribution in [2.75, 3.05) is 7.05 Å². The fraction of sp³-hybridized carbons (Fsp3) is 0.500. The molecule has 13 heavy (non-hydrogen) atoms. The highest BCUT2D eigenvalue weighted by Crippen LogP contribution is 2.38. The van der Waals surface area contributed by atoms with Crippen LogP contribution in [0.4, 0.5) is 0 Å². The van der Waals surface area contributed by atoms with Crippen LogP contribution in [0.2, 0.25) is 5.15 Å². The first-order valence-electron chi connectivity index (χ1n) is 4.54. The third-order valence-corrected chi connectivity index (χ3v) is 3.09. The number of nitrogens with zero attached hydrogens (tertiary/aromatic N) is 1. The molecule has 1 aromatic rings. The number of pyridine rings is 1. The molecule has 0 aromatic carbocycles. The first-order valence-corrected chi connectivity index (χ1v) is 4.92. The van der Waals surface area contributed by atoms with Gasteiger partial charge in [0.1, 0.15) is 5.15 Å². The maximum Gasteiger partial charge on any atom is 0.132 e. The molecule has 0 amide bonds. The van der Waals surface area contributed by atoms with Gasteiger partial charge in [-0.2, -0.15) is 0 Å². The molecule has 70 valence electrons. The molecule has 0 saturated heterocycles. The summed E-state index contributed by atoms with van der Waals surface area (Å²) < 4.78 is 0. The molecule has 0 radical (unpaired) electrons.